The standard InChI is InChI=1S/C21H22F2N2O2/c1-11-12(2)21(27)24(3)18-10-25(9-16(11)18)19(26)8-13-7-15(13)14-5-4-6-17(22)20(14)23/h4-6,13,15H,7-10H2,1-3H3. The summed E-state index contributed by atoms with van der Waals surface area (Å²) in [5, 5.41) is 0. The minimum atomic E-state index is -0.841. The highest BCUT2D eigenvalue weighted by Gasteiger charge is 2.42. The first-order valence-electron chi connectivity index (χ1n) is 9.19. The van der Waals surface area contributed by atoms with Crippen LogP contribution in [0.3, 0.4) is 0 Å². The molecule has 1 aliphatic heterocycles. The smallest absolute Gasteiger partial charge is 0.253 e. The highest BCUT2D eigenvalue weighted by atomic mass is 19.2. The van der Waals surface area contributed by atoms with Crippen molar-refractivity contribution in [2.24, 2.45) is 13.0 Å². The zero-order valence-corrected chi connectivity index (χ0v) is 15.7. The van der Waals surface area contributed by atoms with Crippen LogP contribution in [0.5, 0.6) is 0 Å². The van der Waals surface area contributed by atoms with Gasteiger partial charge in [-0.25, -0.2) is 8.78 Å². The number of rotatable bonds is 3. The monoisotopic (exact) mass is 372 g/mol. The van der Waals surface area contributed by atoms with Gasteiger partial charge < -0.3 is 9.47 Å². The van der Waals surface area contributed by atoms with Gasteiger partial charge in [0.2, 0.25) is 5.91 Å². The van der Waals surface area contributed by atoms with Crippen molar-refractivity contribution in [1.82, 2.24) is 9.47 Å². The van der Waals surface area contributed by atoms with Crippen LogP contribution in [-0.2, 0) is 24.9 Å². The van der Waals surface area contributed by atoms with Crippen LogP contribution in [0.2, 0.25) is 0 Å². The molecule has 2 atom stereocenters. The van der Waals surface area contributed by atoms with Gasteiger partial charge in [0.05, 0.1) is 6.54 Å². The molecule has 2 aromatic rings. The van der Waals surface area contributed by atoms with Gasteiger partial charge in [-0.1, -0.05) is 12.1 Å². The molecule has 2 aliphatic rings. The van der Waals surface area contributed by atoms with Crippen molar-refractivity contribution in [3.63, 3.8) is 0 Å². The summed E-state index contributed by atoms with van der Waals surface area (Å²) < 4.78 is 29.0. The van der Waals surface area contributed by atoms with E-state index in [1.54, 1.807) is 22.6 Å². The zero-order chi connectivity index (χ0) is 19.5. The predicted molar refractivity (Wildman–Crippen MR) is 97.2 cm³/mol. The van der Waals surface area contributed by atoms with Crippen LogP contribution in [0.1, 0.15) is 46.7 Å². The molecule has 1 aromatic heterocycles. The first kappa shape index (κ1) is 17.9. The summed E-state index contributed by atoms with van der Waals surface area (Å²) in [5.74, 6) is -1.69. The van der Waals surface area contributed by atoms with Gasteiger partial charge >= 0.3 is 0 Å². The Kier molecular flexibility index (Phi) is 4.17. The minimum absolute atomic E-state index is 0.0000123. The average molecular weight is 372 g/mol. The van der Waals surface area contributed by atoms with Gasteiger partial charge in [-0.05, 0) is 54.9 Å². The molecule has 1 saturated carbocycles. The lowest BCUT2D eigenvalue weighted by Crippen LogP contribution is -2.27. The molecule has 1 aromatic carbocycles. The first-order chi connectivity index (χ1) is 12.8. The summed E-state index contributed by atoms with van der Waals surface area (Å²) in [4.78, 5) is 26.8. The number of aromatic nitrogens is 1. The van der Waals surface area contributed by atoms with Crippen LogP contribution in [0.15, 0.2) is 23.0 Å². The third kappa shape index (κ3) is 2.87. The topological polar surface area (TPSA) is 42.3 Å². The molecule has 0 N–H and O–H groups in total. The maximum absolute atomic E-state index is 13.9. The van der Waals surface area contributed by atoms with E-state index in [1.807, 2.05) is 13.8 Å². The van der Waals surface area contributed by atoms with Crippen LogP contribution in [0, 0.1) is 31.4 Å². The van der Waals surface area contributed by atoms with E-state index in [0.29, 0.717) is 31.5 Å². The molecule has 0 bridgehead atoms. The molecule has 1 amide bonds. The van der Waals surface area contributed by atoms with Gasteiger partial charge in [-0.2, -0.15) is 0 Å². The molecule has 1 aliphatic carbocycles. The first-order valence-corrected chi connectivity index (χ1v) is 9.19. The van der Waals surface area contributed by atoms with Gasteiger partial charge in [0, 0.05) is 31.3 Å². The number of carbonyl (C=O) groups excluding carboxylic acids is 1. The lowest BCUT2D eigenvalue weighted by Gasteiger charge is -2.15. The fourth-order valence-electron chi connectivity index (χ4n) is 4.21. The van der Waals surface area contributed by atoms with Gasteiger partial charge in [0.25, 0.3) is 5.56 Å². The number of halogens is 2. The highest BCUT2D eigenvalue weighted by molar-refractivity contribution is 5.78. The van der Waals surface area contributed by atoms with E-state index in [9.17, 15) is 18.4 Å². The summed E-state index contributed by atoms with van der Waals surface area (Å²) in [7, 11) is 1.74. The number of fused-ring (bicyclic) bond motifs is 1. The summed E-state index contributed by atoms with van der Waals surface area (Å²) >= 11 is 0. The maximum Gasteiger partial charge on any atom is 0.253 e. The Labute approximate surface area is 156 Å². The van der Waals surface area contributed by atoms with Crippen molar-refractivity contribution in [2.75, 3.05) is 0 Å². The quantitative estimate of drug-likeness (QED) is 0.830. The SMILES string of the molecule is Cc1c2c(n(C)c(=O)c1C)CN(C(=O)CC1CC1c1cccc(F)c1F)C2. The second-order valence-electron chi connectivity index (χ2n) is 7.74. The Hall–Kier alpha value is -2.50. The van der Waals surface area contributed by atoms with Gasteiger partial charge in [-0.3, -0.25) is 9.59 Å². The normalized spacial score (nSPS) is 20.7. The number of benzene rings is 1. The Morgan fingerprint density at radius 3 is 2.67 bits per heavy atom. The van der Waals surface area contributed by atoms with Crippen molar-refractivity contribution in [1.29, 1.82) is 0 Å². The summed E-state index contributed by atoms with van der Waals surface area (Å²) in [6, 6.07) is 4.21. The second kappa shape index (κ2) is 6.29. The van der Waals surface area contributed by atoms with Crippen LogP contribution in [-0.4, -0.2) is 15.4 Å². The lowest BCUT2D eigenvalue weighted by atomic mass is 10.0. The van der Waals surface area contributed by atoms with E-state index in [-0.39, 0.29) is 23.3 Å². The van der Waals surface area contributed by atoms with E-state index in [4.69, 9.17) is 0 Å². The molecular formula is C21H22F2N2O2. The zero-order valence-electron chi connectivity index (χ0n) is 15.7. The van der Waals surface area contributed by atoms with Crippen molar-refractivity contribution >= 4 is 5.91 Å². The third-order valence-electron chi connectivity index (χ3n) is 6.18. The Morgan fingerprint density at radius 2 is 1.93 bits per heavy atom. The summed E-state index contributed by atoms with van der Waals surface area (Å²) in [6.45, 7) is 4.66. The van der Waals surface area contributed by atoms with Crippen LogP contribution in [0.4, 0.5) is 8.78 Å². The second-order valence-corrected chi connectivity index (χ2v) is 7.74. The number of nitrogens with zero attached hydrogens (tertiary/aromatic N) is 2. The van der Waals surface area contributed by atoms with E-state index in [2.05, 4.69) is 0 Å². The van der Waals surface area contributed by atoms with E-state index >= 15 is 0 Å². The van der Waals surface area contributed by atoms with Crippen molar-refractivity contribution < 1.29 is 13.6 Å². The van der Waals surface area contributed by atoms with Gasteiger partial charge in [0.15, 0.2) is 11.6 Å². The lowest BCUT2D eigenvalue weighted by molar-refractivity contribution is -0.132. The molecule has 4 nitrogen and oxygen atoms in total. The fraction of sp³-hybridized carbons (Fsp3) is 0.429. The molecular weight excluding hydrogens is 350 g/mol. The fourth-order valence-corrected chi connectivity index (χ4v) is 4.21. The Bertz CT molecular complexity index is 1010. The maximum atomic E-state index is 13.9. The molecule has 27 heavy (non-hydrogen) atoms. The van der Waals surface area contributed by atoms with E-state index in [1.165, 1.54) is 6.07 Å². The van der Waals surface area contributed by atoms with Gasteiger partial charge in [0.1, 0.15) is 0 Å². The van der Waals surface area contributed by atoms with E-state index in [0.717, 1.165) is 28.5 Å². The highest BCUT2D eigenvalue weighted by Crippen LogP contribution is 2.50. The molecule has 142 valence electrons. The van der Waals surface area contributed by atoms with Crippen molar-refractivity contribution in [2.45, 2.75) is 45.7 Å². The Morgan fingerprint density at radius 1 is 1.19 bits per heavy atom. The summed E-state index contributed by atoms with van der Waals surface area (Å²) in [5.41, 5.74) is 3.95. The largest absolute Gasteiger partial charge is 0.332 e. The van der Waals surface area contributed by atoms with Crippen LogP contribution in [0.25, 0.3) is 0 Å². The molecule has 2 unspecified atom stereocenters. The van der Waals surface area contributed by atoms with Crippen LogP contribution >= 0.6 is 0 Å². The molecule has 0 saturated heterocycles. The predicted octanol–water partition coefficient (Wildman–Crippen LogP) is 3.32. The molecule has 4 rings (SSSR count). The van der Waals surface area contributed by atoms with Crippen molar-refractivity contribution in [3.8, 4) is 0 Å². The van der Waals surface area contributed by atoms with Gasteiger partial charge in [-0.15, -0.1) is 0 Å². The minimum Gasteiger partial charge on any atom is -0.332 e. The third-order valence-corrected chi connectivity index (χ3v) is 6.18. The van der Waals surface area contributed by atoms with E-state index < -0.39 is 11.6 Å². The van der Waals surface area contributed by atoms with Crippen molar-refractivity contribution in [3.05, 3.63) is 68.1 Å². The average Bonchev–Trinajstić information content (AvgIpc) is 3.24. The summed E-state index contributed by atoms with van der Waals surface area (Å²) in [6.07, 6.45) is 1.02. The molecule has 2 heterocycles. The van der Waals surface area contributed by atoms with Crippen LogP contribution < -0.4 is 5.56 Å². The Balaban J connectivity index is 1.47. The number of hydrogen-bond donors (Lipinski definition) is 0. The number of pyridine rings is 1. The number of hydrogen-bond acceptors (Lipinski definition) is 2. The molecule has 6 heteroatoms. The molecule has 1 fully saturated rings. The number of carbonyl (C=O) groups is 1. The molecule has 0 spiro atoms. The number of amides is 1. The molecule has 0 radical (unpaired) electrons.